The van der Waals surface area contributed by atoms with Gasteiger partial charge in [0.1, 0.15) is 5.84 Å². The van der Waals surface area contributed by atoms with Gasteiger partial charge in [-0.25, -0.2) is 0 Å². The minimum Gasteiger partial charge on any atom is -0.479 e. The van der Waals surface area contributed by atoms with Gasteiger partial charge in [0.15, 0.2) is 5.69 Å². The number of hydrogen-bond acceptors (Lipinski definition) is 5. The zero-order valence-electron chi connectivity index (χ0n) is 9.11. The zero-order valence-corrected chi connectivity index (χ0v) is 9.11. The summed E-state index contributed by atoms with van der Waals surface area (Å²) >= 11 is 0. The average Bonchev–Trinajstić information content (AvgIpc) is 2.49. The van der Waals surface area contributed by atoms with Crippen LogP contribution in [0.15, 0.2) is 10.6 Å². The second kappa shape index (κ2) is 4.79. The van der Waals surface area contributed by atoms with Crippen LogP contribution in [0.3, 0.4) is 0 Å². The summed E-state index contributed by atoms with van der Waals surface area (Å²) in [5, 5.41) is 23.0. The largest absolute Gasteiger partial charge is 0.479 e. The first kappa shape index (κ1) is 11.5. The normalized spacial score (nSPS) is 12.8. The first-order chi connectivity index (χ1) is 6.99. The van der Waals surface area contributed by atoms with Crippen LogP contribution in [0.2, 0.25) is 0 Å². The standard InChI is InChI=1S/C9H16N4O2/c1-6(5-13(2)3)11-9(10)7-4-8(14)15-12-7/h4,6,14H,5H2,1-3H3,(H2,10,11). The molecule has 6 heteroatoms. The van der Waals surface area contributed by atoms with E-state index in [4.69, 9.17) is 10.5 Å². The Morgan fingerprint density at radius 3 is 2.87 bits per heavy atom. The predicted octanol–water partition coefficient (Wildman–Crippen LogP) is 0.245. The van der Waals surface area contributed by atoms with Gasteiger partial charge in [0.05, 0.1) is 6.07 Å². The molecule has 0 aliphatic carbocycles. The van der Waals surface area contributed by atoms with E-state index in [1.165, 1.54) is 6.07 Å². The molecule has 0 saturated heterocycles. The van der Waals surface area contributed by atoms with E-state index in [9.17, 15) is 0 Å². The lowest BCUT2D eigenvalue weighted by Gasteiger charge is -2.18. The molecule has 0 aliphatic heterocycles. The number of rotatable bonds is 4. The van der Waals surface area contributed by atoms with Crippen molar-refractivity contribution < 1.29 is 9.63 Å². The summed E-state index contributed by atoms with van der Waals surface area (Å²) in [7, 11) is 3.92. The predicted molar refractivity (Wildman–Crippen MR) is 56.1 cm³/mol. The number of nitrogens with zero attached hydrogens (tertiary/aromatic N) is 2. The van der Waals surface area contributed by atoms with Crippen molar-refractivity contribution in [3.8, 4) is 5.95 Å². The van der Waals surface area contributed by atoms with Crippen LogP contribution in [0.5, 0.6) is 5.95 Å². The van der Waals surface area contributed by atoms with Gasteiger partial charge in [-0.05, 0) is 21.0 Å². The smallest absolute Gasteiger partial charge is 0.309 e. The molecule has 1 heterocycles. The Hall–Kier alpha value is -1.56. The second-order valence-corrected chi connectivity index (χ2v) is 3.73. The molecule has 1 aromatic rings. The summed E-state index contributed by atoms with van der Waals surface area (Å²) in [6, 6.07) is 1.43. The molecule has 0 spiro atoms. The number of aromatic hydroxyl groups is 1. The summed E-state index contributed by atoms with van der Waals surface area (Å²) in [6.45, 7) is 2.78. The van der Waals surface area contributed by atoms with Crippen molar-refractivity contribution in [3.63, 3.8) is 0 Å². The molecule has 1 rings (SSSR count). The molecule has 0 saturated carbocycles. The number of hydrogen-bond donors (Lipinski definition) is 3. The van der Waals surface area contributed by atoms with Crippen molar-refractivity contribution in [1.82, 2.24) is 15.4 Å². The van der Waals surface area contributed by atoms with Gasteiger partial charge in [-0.1, -0.05) is 5.16 Å². The topological polar surface area (TPSA) is 85.4 Å². The van der Waals surface area contributed by atoms with E-state index in [0.717, 1.165) is 6.54 Å². The third-order valence-electron chi connectivity index (χ3n) is 1.78. The average molecular weight is 212 g/mol. The van der Waals surface area contributed by atoms with Crippen LogP contribution in [0, 0.1) is 5.41 Å². The fourth-order valence-electron chi connectivity index (χ4n) is 1.30. The lowest BCUT2D eigenvalue weighted by molar-refractivity contribution is 0.277. The minimum absolute atomic E-state index is 0.131. The molecule has 1 unspecified atom stereocenters. The highest BCUT2D eigenvalue weighted by Crippen LogP contribution is 2.09. The first-order valence-corrected chi connectivity index (χ1v) is 4.65. The Labute approximate surface area is 88.4 Å². The molecule has 0 radical (unpaired) electrons. The van der Waals surface area contributed by atoms with Gasteiger partial charge in [-0.15, -0.1) is 0 Å². The summed E-state index contributed by atoms with van der Waals surface area (Å²) < 4.78 is 4.46. The lowest BCUT2D eigenvalue weighted by Crippen LogP contribution is -2.39. The maximum atomic E-state index is 8.92. The molecule has 1 atom stereocenters. The highest BCUT2D eigenvalue weighted by molar-refractivity contribution is 5.94. The Balaban J connectivity index is 2.49. The van der Waals surface area contributed by atoms with Crippen molar-refractivity contribution in [2.45, 2.75) is 13.0 Å². The first-order valence-electron chi connectivity index (χ1n) is 4.65. The number of likely N-dealkylation sites (N-methyl/N-ethyl adjacent to an activating group) is 1. The van der Waals surface area contributed by atoms with Gasteiger partial charge < -0.3 is 19.8 Å². The van der Waals surface area contributed by atoms with Crippen molar-refractivity contribution in [2.75, 3.05) is 20.6 Å². The summed E-state index contributed by atoms with van der Waals surface area (Å²) in [4.78, 5) is 2.02. The third kappa shape index (κ3) is 3.59. The monoisotopic (exact) mass is 212 g/mol. The SMILES string of the molecule is CC(CN(C)C)NC(=N)c1cc(O)on1. The van der Waals surface area contributed by atoms with E-state index in [2.05, 4.69) is 15.0 Å². The number of aromatic nitrogens is 1. The van der Waals surface area contributed by atoms with Crippen LogP contribution in [-0.4, -0.2) is 47.7 Å². The van der Waals surface area contributed by atoms with Crippen LogP contribution >= 0.6 is 0 Å². The van der Waals surface area contributed by atoms with Crippen molar-refractivity contribution in [3.05, 3.63) is 11.8 Å². The van der Waals surface area contributed by atoms with Gasteiger partial charge >= 0.3 is 5.95 Å². The molecule has 6 nitrogen and oxygen atoms in total. The molecule has 0 aromatic carbocycles. The van der Waals surface area contributed by atoms with E-state index >= 15 is 0 Å². The van der Waals surface area contributed by atoms with Gasteiger partial charge in [0.25, 0.3) is 0 Å². The van der Waals surface area contributed by atoms with E-state index < -0.39 is 0 Å². The molecule has 3 N–H and O–H groups in total. The van der Waals surface area contributed by atoms with Crippen LogP contribution in [-0.2, 0) is 0 Å². The highest BCUT2D eigenvalue weighted by atomic mass is 16.5. The Kier molecular flexibility index (Phi) is 3.68. The van der Waals surface area contributed by atoms with Crippen molar-refractivity contribution in [2.24, 2.45) is 0 Å². The maximum absolute atomic E-state index is 8.92. The Morgan fingerprint density at radius 1 is 1.73 bits per heavy atom. The molecule has 15 heavy (non-hydrogen) atoms. The summed E-state index contributed by atoms with van der Waals surface area (Å²) in [5.41, 5.74) is 0.304. The highest BCUT2D eigenvalue weighted by Gasteiger charge is 2.11. The van der Waals surface area contributed by atoms with E-state index in [1.54, 1.807) is 0 Å². The molecule has 0 fully saturated rings. The fraction of sp³-hybridized carbons (Fsp3) is 0.556. The summed E-state index contributed by atoms with van der Waals surface area (Å²) in [6.07, 6.45) is 0. The number of nitrogens with one attached hydrogen (secondary N) is 2. The quantitative estimate of drug-likeness (QED) is 0.492. The molecule has 1 aromatic heterocycles. The van der Waals surface area contributed by atoms with Gasteiger partial charge in [0.2, 0.25) is 0 Å². The van der Waals surface area contributed by atoms with Gasteiger partial charge in [-0.3, -0.25) is 5.41 Å². The fourth-order valence-corrected chi connectivity index (χ4v) is 1.30. The van der Waals surface area contributed by atoms with Gasteiger partial charge in [0, 0.05) is 12.6 Å². The Bertz CT molecular complexity index is 335. The van der Waals surface area contributed by atoms with E-state index in [0.29, 0.717) is 5.69 Å². The van der Waals surface area contributed by atoms with Crippen LogP contribution < -0.4 is 5.32 Å². The molecule has 0 bridgehead atoms. The van der Waals surface area contributed by atoms with Crippen molar-refractivity contribution >= 4 is 5.84 Å². The number of amidine groups is 1. The zero-order chi connectivity index (χ0) is 11.4. The van der Waals surface area contributed by atoms with E-state index in [1.807, 2.05) is 25.9 Å². The molecule has 0 amide bonds. The van der Waals surface area contributed by atoms with Crippen molar-refractivity contribution in [1.29, 1.82) is 5.41 Å². The molecular formula is C9H16N4O2. The van der Waals surface area contributed by atoms with Crippen LogP contribution in [0.1, 0.15) is 12.6 Å². The van der Waals surface area contributed by atoms with E-state index in [-0.39, 0.29) is 17.8 Å². The maximum Gasteiger partial charge on any atom is 0.309 e. The van der Waals surface area contributed by atoms with Crippen LogP contribution in [0.25, 0.3) is 0 Å². The second-order valence-electron chi connectivity index (χ2n) is 3.73. The van der Waals surface area contributed by atoms with Gasteiger partial charge in [-0.2, -0.15) is 0 Å². The Morgan fingerprint density at radius 2 is 2.40 bits per heavy atom. The third-order valence-corrected chi connectivity index (χ3v) is 1.78. The lowest BCUT2D eigenvalue weighted by atomic mass is 10.3. The summed E-state index contributed by atoms with van der Waals surface area (Å²) in [5.74, 6) is -0.134. The minimum atomic E-state index is -0.281. The molecular weight excluding hydrogens is 196 g/mol. The van der Waals surface area contributed by atoms with Crippen LogP contribution in [0.4, 0.5) is 0 Å². The molecule has 0 aliphatic rings. The molecule has 84 valence electrons.